The summed E-state index contributed by atoms with van der Waals surface area (Å²) >= 11 is 0. The van der Waals surface area contributed by atoms with Gasteiger partial charge in [0.15, 0.2) is 5.82 Å². The zero-order valence-corrected chi connectivity index (χ0v) is 11.2. The van der Waals surface area contributed by atoms with E-state index in [2.05, 4.69) is 37.5 Å². The van der Waals surface area contributed by atoms with Gasteiger partial charge in [-0.25, -0.2) is 0 Å². The molecule has 0 unspecified atom stereocenters. The molecule has 0 aliphatic carbocycles. The number of nitrogens with zero attached hydrogens (tertiary/aromatic N) is 4. The molecular formula is C14H17N5O. The third-order valence-electron chi connectivity index (χ3n) is 3.17. The molecule has 0 radical (unpaired) electrons. The second kappa shape index (κ2) is 6.29. The highest BCUT2D eigenvalue weighted by molar-refractivity contribution is 5.40. The second-order valence-corrected chi connectivity index (χ2v) is 4.58. The lowest BCUT2D eigenvalue weighted by Crippen LogP contribution is -2.37. The molecule has 0 bridgehead atoms. The molecule has 2 aromatic rings. The molecule has 0 amide bonds. The molecule has 2 heterocycles. The van der Waals surface area contributed by atoms with E-state index in [1.54, 1.807) is 6.20 Å². The topological polar surface area (TPSA) is 63.2 Å². The van der Waals surface area contributed by atoms with Crippen molar-refractivity contribution in [1.82, 2.24) is 15.2 Å². The summed E-state index contributed by atoms with van der Waals surface area (Å²) in [4.78, 5) is 6.66. The van der Waals surface area contributed by atoms with E-state index < -0.39 is 0 Å². The van der Waals surface area contributed by atoms with Crippen molar-refractivity contribution in [3.63, 3.8) is 0 Å². The van der Waals surface area contributed by atoms with Crippen molar-refractivity contribution in [3.8, 4) is 0 Å². The van der Waals surface area contributed by atoms with Gasteiger partial charge in [-0.1, -0.05) is 30.3 Å². The number of morpholine rings is 1. The number of hydrogen-bond acceptors (Lipinski definition) is 6. The van der Waals surface area contributed by atoms with Gasteiger partial charge in [-0.2, -0.15) is 10.1 Å². The molecule has 104 valence electrons. The average molecular weight is 271 g/mol. The predicted molar refractivity (Wildman–Crippen MR) is 76.6 cm³/mol. The van der Waals surface area contributed by atoms with Gasteiger partial charge in [0.25, 0.3) is 0 Å². The maximum Gasteiger partial charge on any atom is 0.244 e. The van der Waals surface area contributed by atoms with Crippen LogP contribution < -0.4 is 10.2 Å². The summed E-state index contributed by atoms with van der Waals surface area (Å²) < 4.78 is 5.34. The number of rotatable bonds is 4. The molecule has 20 heavy (non-hydrogen) atoms. The van der Waals surface area contributed by atoms with Crippen molar-refractivity contribution in [2.45, 2.75) is 6.54 Å². The summed E-state index contributed by atoms with van der Waals surface area (Å²) in [6.07, 6.45) is 1.69. The number of hydrogen-bond donors (Lipinski definition) is 1. The monoisotopic (exact) mass is 271 g/mol. The number of aromatic nitrogens is 3. The van der Waals surface area contributed by atoms with Crippen LogP contribution in [-0.4, -0.2) is 41.5 Å². The largest absolute Gasteiger partial charge is 0.378 e. The van der Waals surface area contributed by atoms with Crippen molar-refractivity contribution < 1.29 is 4.74 Å². The summed E-state index contributed by atoms with van der Waals surface area (Å²) in [5.41, 5.74) is 1.19. The van der Waals surface area contributed by atoms with E-state index in [1.807, 2.05) is 18.2 Å². The first-order valence-corrected chi connectivity index (χ1v) is 6.72. The van der Waals surface area contributed by atoms with E-state index >= 15 is 0 Å². The number of anilines is 2. The van der Waals surface area contributed by atoms with Crippen LogP contribution in [-0.2, 0) is 11.3 Å². The Kier molecular flexibility index (Phi) is 4.03. The van der Waals surface area contributed by atoms with Crippen LogP contribution in [0, 0.1) is 0 Å². The zero-order chi connectivity index (χ0) is 13.6. The van der Waals surface area contributed by atoms with Crippen molar-refractivity contribution in [1.29, 1.82) is 0 Å². The Labute approximate surface area is 117 Å². The molecule has 0 saturated carbocycles. The van der Waals surface area contributed by atoms with Crippen LogP contribution in [0.5, 0.6) is 0 Å². The molecule has 0 atom stereocenters. The first kappa shape index (κ1) is 12.8. The molecule has 0 spiro atoms. The molecule has 6 heteroatoms. The first-order chi connectivity index (χ1) is 9.92. The summed E-state index contributed by atoms with van der Waals surface area (Å²) in [5, 5.41) is 11.2. The summed E-state index contributed by atoms with van der Waals surface area (Å²) in [7, 11) is 0. The van der Waals surface area contributed by atoms with E-state index in [0.717, 1.165) is 32.1 Å². The quantitative estimate of drug-likeness (QED) is 0.905. The standard InChI is InChI=1S/C14H17N5O/c1-2-4-12(5-3-1)10-15-14-17-13(11-16-18-14)19-6-8-20-9-7-19/h1-5,11H,6-10H2,(H,15,17,18). The Balaban J connectivity index is 1.65. The molecule has 1 N–H and O–H groups in total. The van der Waals surface area contributed by atoms with Gasteiger partial charge >= 0.3 is 0 Å². The zero-order valence-electron chi connectivity index (χ0n) is 11.2. The van der Waals surface area contributed by atoms with E-state index in [1.165, 1.54) is 5.56 Å². The minimum Gasteiger partial charge on any atom is -0.378 e. The summed E-state index contributed by atoms with van der Waals surface area (Å²) in [6, 6.07) is 10.2. The third-order valence-corrected chi connectivity index (χ3v) is 3.17. The smallest absolute Gasteiger partial charge is 0.244 e. The van der Waals surface area contributed by atoms with Crippen LogP contribution in [0.2, 0.25) is 0 Å². The highest BCUT2D eigenvalue weighted by Crippen LogP contribution is 2.12. The number of nitrogens with one attached hydrogen (secondary N) is 1. The highest BCUT2D eigenvalue weighted by atomic mass is 16.5. The molecule has 1 aromatic heterocycles. The van der Waals surface area contributed by atoms with Crippen LogP contribution in [0.15, 0.2) is 36.5 Å². The van der Waals surface area contributed by atoms with E-state index in [9.17, 15) is 0 Å². The second-order valence-electron chi connectivity index (χ2n) is 4.58. The molecule has 1 aromatic carbocycles. The van der Waals surface area contributed by atoms with E-state index in [-0.39, 0.29) is 0 Å². The van der Waals surface area contributed by atoms with Crippen molar-refractivity contribution in [2.24, 2.45) is 0 Å². The third kappa shape index (κ3) is 3.21. The van der Waals surface area contributed by atoms with Crippen LogP contribution in [0.4, 0.5) is 11.8 Å². The molecular weight excluding hydrogens is 254 g/mol. The van der Waals surface area contributed by atoms with Gasteiger partial charge in [0.2, 0.25) is 5.95 Å². The van der Waals surface area contributed by atoms with Gasteiger partial charge < -0.3 is 15.0 Å². The van der Waals surface area contributed by atoms with Crippen molar-refractivity contribution in [2.75, 3.05) is 36.5 Å². The van der Waals surface area contributed by atoms with Crippen molar-refractivity contribution in [3.05, 3.63) is 42.1 Å². The maximum absolute atomic E-state index is 5.34. The van der Waals surface area contributed by atoms with Crippen LogP contribution in [0.1, 0.15) is 5.56 Å². The lowest BCUT2D eigenvalue weighted by atomic mass is 10.2. The first-order valence-electron chi connectivity index (χ1n) is 6.72. The fraction of sp³-hybridized carbons (Fsp3) is 0.357. The molecule has 1 fully saturated rings. The van der Waals surface area contributed by atoms with Gasteiger partial charge in [-0.3, -0.25) is 0 Å². The Morgan fingerprint density at radius 1 is 1.15 bits per heavy atom. The predicted octanol–water partition coefficient (Wildman–Crippen LogP) is 1.32. The van der Waals surface area contributed by atoms with Crippen LogP contribution in [0.3, 0.4) is 0 Å². The maximum atomic E-state index is 5.34. The van der Waals surface area contributed by atoms with Crippen molar-refractivity contribution >= 4 is 11.8 Å². The van der Waals surface area contributed by atoms with Gasteiger partial charge in [0, 0.05) is 19.6 Å². The van der Waals surface area contributed by atoms with Gasteiger partial charge in [-0.15, -0.1) is 5.10 Å². The molecule has 1 aliphatic rings. The van der Waals surface area contributed by atoms with E-state index in [4.69, 9.17) is 4.74 Å². The highest BCUT2D eigenvalue weighted by Gasteiger charge is 2.13. The minimum absolute atomic E-state index is 0.554. The van der Waals surface area contributed by atoms with E-state index in [0.29, 0.717) is 12.5 Å². The van der Waals surface area contributed by atoms with Gasteiger partial charge in [0.1, 0.15) is 0 Å². The Bertz CT molecular complexity index is 542. The Morgan fingerprint density at radius 2 is 1.95 bits per heavy atom. The minimum atomic E-state index is 0.554. The lowest BCUT2D eigenvalue weighted by Gasteiger charge is -2.27. The van der Waals surface area contributed by atoms with Crippen LogP contribution >= 0.6 is 0 Å². The molecule has 3 rings (SSSR count). The number of benzene rings is 1. The Morgan fingerprint density at radius 3 is 2.75 bits per heavy atom. The molecule has 1 aliphatic heterocycles. The lowest BCUT2D eigenvalue weighted by molar-refractivity contribution is 0.122. The fourth-order valence-electron chi connectivity index (χ4n) is 2.09. The average Bonchev–Trinajstić information content (AvgIpc) is 2.55. The Hall–Kier alpha value is -2.21. The normalized spacial score (nSPS) is 15.1. The van der Waals surface area contributed by atoms with Gasteiger partial charge in [0.05, 0.1) is 19.4 Å². The molecule has 1 saturated heterocycles. The van der Waals surface area contributed by atoms with Crippen LogP contribution in [0.25, 0.3) is 0 Å². The SMILES string of the molecule is c1ccc(CNc2nncc(N3CCOCC3)n2)cc1. The molecule has 6 nitrogen and oxygen atoms in total. The number of ether oxygens (including phenoxy) is 1. The summed E-state index contributed by atoms with van der Waals surface area (Å²) in [5.74, 6) is 1.40. The summed E-state index contributed by atoms with van der Waals surface area (Å²) in [6.45, 7) is 3.84. The fourth-order valence-corrected chi connectivity index (χ4v) is 2.09. The van der Waals surface area contributed by atoms with Gasteiger partial charge in [-0.05, 0) is 5.56 Å².